The molecule has 0 aromatic heterocycles. The maximum absolute atomic E-state index is 11.8. The molecule has 0 atom stereocenters. The number of hydrogen-bond donors (Lipinski definition) is 1. The van der Waals surface area contributed by atoms with Crippen molar-refractivity contribution in [2.75, 3.05) is 12.4 Å². The summed E-state index contributed by atoms with van der Waals surface area (Å²) in [7, 11) is -3.44. The van der Waals surface area contributed by atoms with E-state index in [0.29, 0.717) is 12.0 Å². The lowest BCUT2D eigenvalue weighted by atomic mass is 10.0. The number of hydrogen-bond acceptors (Lipinski definition) is 4. The van der Waals surface area contributed by atoms with Crippen molar-refractivity contribution in [3.05, 3.63) is 29.8 Å². The van der Waals surface area contributed by atoms with Gasteiger partial charge in [0.1, 0.15) is 0 Å². The van der Waals surface area contributed by atoms with Crippen molar-refractivity contribution < 1.29 is 18.3 Å². The second-order valence-corrected chi connectivity index (χ2v) is 6.70. The van der Waals surface area contributed by atoms with E-state index in [2.05, 4.69) is 0 Å². The molecule has 0 saturated carbocycles. The van der Waals surface area contributed by atoms with Crippen LogP contribution in [0, 0.1) is 5.92 Å². The Balaban J connectivity index is 2.90. The Labute approximate surface area is 108 Å². The third kappa shape index (κ3) is 3.92. The molecule has 1 aromatic carbocycles. The molecule has 1 aromatic rings. The van der Waals surface area contributed by atoms with E-state index in [1.54, 1.807) is 0 Å². The van der Waals surface area contributed by atoms with E-state index in [1.807, 2.05) is 13.8 Å². The van der Waals surface area contributed by atoms with Crippen LogP contribution in [0.3, 0.4) is 0 Å². The molecular weight excluding hydrogens is 252 g/mol. The van der Waals surface area contributed by atoms with Gasteiger partial charge in [0.15, 0.2) is 15.6 Å². The molecular formula is C13H18O4S. The highest BCUT2D eigenvalue weighted by Crippen LogP contribution is 2.15. The number of rotatable bonds is 6. The zero-order valence-electron chi connectivity index (χ0n) is 10.6. The van der Waals surface area contributed by atoms with Crippen LogP contribution < -0.4 is 0 Å². The van der Waals surface area contributed by atoms with Crippen molar-refractivity contribution in [1.82, 2.24) is 0 Å². The zero-order valence-corrected chi connectivity index (χ0v) is 11.4. The fourth-order valence-electron chi connectivity index (χ4n) is 1.57. The second kappa shape index (κ2) is 6.11. The molecule has 18 heavy (non-hydrogen) atoms. The van der Waals surface area contributed by atoms with Crippen LogP contribution in [0.25, 0.3) is 0 Å². The van der Waals surface area contributed by atoms with Crippen LogP contribution in [0.1, 0.15) is 30.6 Å². The molecule has 0 aliphatic carbocycles. The Morgan fingerprint density at radius 3 is 2.22 bits per heavy atom. The van der Waals surface area contributed by atoms with Gasteiger partial charge in [-0.25, -0.2) is 8.42 Å². The van der Waals surface area contributed by atoms with E-state index in [4.69, 9.17) is 5.11 Å². The second-order valence-electron chi connectivity index (χ2n) is 4.59. The molecule has 5 heteroatoms. The lowest BCUT2D eigenvalue weighted by Crippen LogP contribution is -2.10. The van der Waals surface area contributed by atoms with Gasteiger partial charge in [0, 0.05) is 12.0 Å². The van der Waals surface area contributed by atoms with Gasteiger partial charge in [-0.15, -0.1) is 0 Å². The minimum atomic E-state index is -3.44. The fourth-order valence-corrected chi connectivity index (χ4v) is 2.60. The Morgan fingerprint density at radius 1 is 1.22 bits per heavy atom. The largest absolute Gasteiger partial charge is 0.395 e. The first kappa shape index (κ1) is 14.9. The van der Waals surface area contributed by atoms with Gasteiger partial charge in [0.2, 0.25) is 0 Å². The van der Waals surface area contributed by atoms with E-state index in [1.165, 1.54) is 24.3 Å². The molecule has 1 N–H and O–H groups in total. The van der Waals surface area contributed by atoms with E-state index < -0.39 is 16.4 Å². The average molecular weight is 270 g/mol. The summed E-state index contributed by atoms with van der Waals surface area (Å²) < 4.78 is 23.3. The highest BCUT2D eigenvalue weighted by atomic mass is 32.2. The van der Waals surface area contributed by atoms with Crippen LogP contribution >= 0.6 is 0 Å². The SMILES string of the molecule is CC(C)CC(=O)c1ccc(S(=O)(=O)CCO)cc1. The highest BCUT2D eigenvalue weighted by Gasteiger charge is 2.14. The fraction of sp³-hybridized carbons (Fsp3) is 0.462. The van der Waals surface area contributed by atoms with Gasteiger partial charge in [-0.05, 0) is 18.1 Å². The molecule has 100 valence electrons. The summed E-state index contributed by atoms with van der Waals surface area (Å²) in [6, 6.07) is 5.88. The number of benzene rings is 1. The van der Waals surface area contributed by atoms with Gasteiger partial charge in [0.25, 0.3) is 0 Å². The minimum Gasteiger partial charge on any atom is -0.395 e. The maximum Gasteiger partial charge on any atom is 0.180 e. The van der Waals surface area contributed by atoms with E-state index in [-0.39, 0.29) is 22.3 Å². The number of carbonyl (C=O) groups excluding carboxylic acids is 1. The number of ketones is 1. The molecule has 0 saturated heterocycles. The van der Waals surface area contributed by atoms with Gasteiger partial charge in [-0.1, -0.05) is 26.0 Å². The van der Waals surface area contributed by atoms with Crippen molar-refractivity contribution >= 4 is 15.6 Å². The van der Waals surface area contributed by atoms with E-state index in [9.17, 15) is 13.2 Å². The van der Waals surface area contributed by atoms with Crippen molar-refractivity contribution in [2.24, 2.45) is 5.92 Å². The van der Waals surface area contributed by atoms with Crippen LogP contribution in [0.2, 0.25) is 0 Å². The minimum absolute atomic E-state index is 0.0103. The number of aliphatic hydroxyl groups is 1. The molecule has 0 aliphatic rings. The maximum atomic E-state index is 11.8. The third-order valence-corrected chi connectivity index (χ3v) is 4.20. The van der Waals surface area contributed by atoms with Gasteiger partial charge in [-0.3, -0.25) is 4.79 Å². The predicted octanol–water partition coefficient (Wildman–Crippen LogP) is 1.68. The van der Waals surface area contributed by atoms with Crippen molar-refractivity contribution in [1.29, 1.82) is 0 Å². The van der Waals surface area contributed by atoms with Crippen LogP contribution in [0.15, 0.2) is 29.2 Å². The van der Waals surface area contributed by atoms with Gasteiger partial charge >= 0.3 is 0 Å². The highest BCUT2D eigenvalue weighted by molar-refractivity contribution is 7.91. The van der Waals surface area contributed by atoms with Crippen LogP contribution in [-0.4, -0.2) is 31.7 Å². The third-order valence-electron chi connectivity index (χ3n) is 2.49. The van der Waals surface area contributed by atoms with Crippen LogP contribution in [-0.2, 0) is 9.84 Å². The molecule has 0 fully saturated rings. The van der Waals surface area contributed by atoms with Gasteiger partial charge < -0.3 is 5.11 Å². The lowest BCUT2D eigenvalue weighted by molar-refractivity contribution is 0.0967. The molecule has 0 amide bonds. The molecule has 0 spiro atoms. The number of Topliss-reactive ketones (excluding diaryl/α,β-unsaturated/α-hetero) is 1. The zero-order chi connectivity index (χ0) is 13.8. The number of sulfone groups is 1. The first-order valence-corrected chi connectivity index (χ1v) is 7.49. The predicted molar refractivity (Wildman–Crippen MR) is 69.4 cm³/mol. The Kier molecular flexibility index (Phi) is 5.04. The first-order chi connectivity index (χ1) is 8.36. The molecule has 0 heterocycles. The number of carbonyl (C=O) groups is 1. The molecule has 0 radical (unpaired) electrons. The Hall–Kier alpha value is -1.20. The van der Waals surface area contributed by atoms with Gasteiger partial charge in [-0.2, -0.15) is 0 Å². The quantitative estimate of drug-likeness (QED) is 0.798. The lowest BCUT2D eigenvalue weighted by Gasteiger charge is -2.06. The molecule has 1 rings (SSSR count). The van der Waals surface area contributed by atoms with Crippen LogP contribution in [0.5, 0.6) is 0 Å². The molecule has 4 nitrogen and oxygen atoms in total. The summed E-state index contributed by atoms with van der Waals surface area (Å²) in [6.07, 6.45) is 0.447. The molecule has 0 unspecified atom stereocenters. The summed E-state index contributed by atoms with van der Waals surface area (Å²) >= 11 is 0. The standard InChI is InChI=1S/C13H18O4S/c1-10(2)9-13(15)11-3-5-12(6-4-11)18(16,17)8-7-14/h3-6,10,14H,7-9H2,1-2H3. The summed E-state index contributed by atoms with van der Waals surface area (Å²) in [6.45, 7) is 3.51. The summed E-state index contributed by atoms with van der Waals surface area (Å²) in [5, 5.41) is 8.67. The van der Waals surface area contributed by atoms with Gasteiger partial charge in [0.05, 0.1) is 17.3 Å². The van der Waals surface area contributed by atoms with E-state index in [0.717, 1.165) is 0 Å². The van der Waals surface area contributed by atoms with Crippen molar-refractivity contribution in [2.45, 2.75) is 25.2 Å². The average Bonchev–Trinajstić information content (AvgIpc) is 2.28. The van der Waals surface area contributed by atoms with Crippen molar-refractivity contribution in [3.8, 4) is 0 Å². The van der Waals surface area contributed by atoms with Crippen molar-refractivity contribution in [3.63, 3.8) is 0 Å². The summed E-state index contributed by atoms with van der Waals surface area (Å²) in [5.41, 5.74) is 0.520. The first-order valence-electron chi connectivity index (χ1n) is 5.83. The summed E-state index contributed by atoms with van der Waals surface area (Å²) in [4.78, 5) is 11.9. The smallest absolute Gasteiger partial charge is 0.180 e. The monoisotopic (exact) mass is 270 g/mol. The molecule has 0 bridgehead atoms. The Morgan fingerprint density at radius 2 is 1.78 bits per heavy atom. The van der Waals surface area contributed by atoms with Crippen LogP contribution in [0.4, 0.5) is 0 Å². The Bertz CT molecular complexity index is 500. The topological polar surface area (TPSA) is 71.4 Å². The normalized spacial score (nSPS) is 11.8. The summed E-state index contributed by atoms with van der Waals surface area (Å²) in [5.74, 6) is -0.0156. The van der Waals surface area contributed by atoms with E-state index >= 15 is 0 Å². The molecule has 0 aliphatic heterocycles. The number of aliphatic hydroxyl groups excluding tert-OH is 1.